The van der Waals surface area contributed by atoms with Gasteiger partial charge >= 0.3 is 0 Å². The summed E-state index contributed by atoms with van der Waals surface area (Å²) in [4.78, 5) is 29.8. The van der Waals surface area contributed by atoms with Gasteiger partial charge in [0.05, 0.1) is 29.5 Å². The number of halogens is 1. The fraction of sp³-hybridized carbons (Fsp3) is 0.500. The van der Waals surface area contributed by atoms with Crippen LogP contribution in [0.5, 0.6) is 0 Å². The maximum Gasteiger partial charge on any atom is 0.244 e. The monoisotopic (exact) mass is 490 g/mol. The number of rotatable bonds is 2. The zero-order valence-electron chi connectivity index (χ0n) is 16.4. The number of aromatic nitrogens is 1. The van der Waals surface area contributed by atoms with Crippen molar-refractivity contribution in [2.45, 2.75) is 24.8 Å². The molecule has 10 heteroatoms. The average Bonchev–Trinajstić information content (AvgIpc) is 3.17. The van der Waals surface area contributed by atoms with Crippen LogP contribution in [-0.4, -0.2) is 73.0 Å². The Morgan fingerprint density at radius 1 is 1.30 bits per heavy atom. The number of benzene rings is 1. The van der Waals surface area contributed by atoms with E-state index in [0.29, 0.717) is 38.1 Å². The highest BCUT2D eigenvalue weighted by atomic mass is 79.9. The van der Waals surface area contributed by atoms with E-state index in [9.17, 15) is 4.79 Å². The number of piperidine rings is 1. The molecule has 0 radical (unpaired) electrons. The van der Waals surface area contributed by atoms with Crippen LogP contribution in [-0.2, 0) is 9.53 Å². The smallest absolute Gasteiger partial charge is 0.244 e. The van der Waals surface area contributed by atoms with E-state index in [1.807, 2.05) is 18.2 Å². The van der Waals surface area contributed by atoms with Crippen LogP contribution in [0.25, 0.3) is 10.2 Å². The number of amidine groups is 1. The number of morpholine rings is 1. The van der Waals surface area contributed by atoms with Gasteiger partial charge < -0.3 is 15.0 Å². The molecule has 5 rings (SSSR count). The lowest BCUT2D eigenvalue weighted by atomic mass is 10.0. The molecule has 158 valence electrons. The summed E-state index contributed by atoms with van der Waals surface area (Å²) in [6.07, 6.45) is 2.08. The summed E-state index contributed by atoms with van der Waals surface area (Å²) in [5, 5.41) is 7.12. The molecule has 2 N–H and O–H groups in total. The Labute approximate surface area is 186 Å². The third kappa shape index (κ3) is 4.14. The zero-order valence-corrected chi connectivity index (χ0v) is 18.8. The number of fused-ring (bicyclic) bond motifs is 1. The largest absolute Gasteiger partial charge is 0.378 e. The number of ether oxygens (including phenoxy) is 1. The summed E-state index contributed by atoms with van der Waals surface area (Å²) < 4.78 is 7.45. The van der Waals surface area contributed by atoms with Crippen molar-refractivity contribution in [2.24, 2.45) is 9.98 Å². The zero-order chi connectivity index (χ0) is 20.5. The molecule has 1 amide bonds. The summed E-state index contributed by atoms with van der Waals surface area (Å²) in [5.74, 6) is 0.429. The van der Waals surface area contributed by atoms with Crippen LogP contribution in [0.15, 0.2) is 32.7 Å². The Balaban J connectivity index is 1.53. The predicted octanol–water partition coefficient (Wildman–Crippen LogP) is 2.11. The van der Waals surface area contributed by atoms with Gasteiger partial charge in [-0.2, -0.15) is 4.99 Å². The molecule has 2 atom stereocenters. The molecule has 8 nitrogen and oxygen atoms in total. The minimum atomic E-state index is -0.590. The van der Waals surface area contributed by atoms with Gasteiger partial charge in [-0.15, -0.1) is 11.3 Å². The molecule has 30 heavy (non-hydrogen) atoms. The summed E-state index contributed by atoms with van der Waals surface area (Å²) in [6, 6.07) is 6.11. The molecule has 1 aromatic carbocycles. The normalized spacial score (nSPS) is 26.7. The Bertz CT molecular complexity index is 1010. The van der Waals surface area contributed by atoms with Gasteiger partial charge in [0.1, 0.15) is 16.8 Å². The molecule has 1 aromatic heterocycles. The number of nitrogens with one attached hydrogen (secondary N) is 2. The molecule has 0 spiro atoms. The maximum atomic E-state index is 13.3. The quantitative estimate of drug-likeness (QED) is 0.672. The van der Waals surface area contributed by atoms with Gasteiger partial charge in [0.25, 0.3) is 0 Å². The minimum Gasteiger partial charge on any atom is -0.378 e. The van der Waals surface area contributed by atoms with Crippen LogP contribution in [0, 0.1) is 0 Å². The topological polar surface area (TPSA) is 91.2 Å². The van der Waals surface area contributed by atoms with Gasteiger partial charge in [0, 0.05) is 24.1 Å². The third-order valence-corrected chi connectivity index (χ3v) is 7.08. The molecule has 3 aliphatic rings. The summed E-state index contributed by atoms with van der Waals surface area (Å²) in [5.41, 5.74) is 0.874. The molecule has 2 saturated heterocycles. The predicted molar refractivity (Wildman–Crippen MR) is 121 cm³/mol. The van der Waals surface area contributed by atoms with Gasteiger partial charge in [0.2, 0.25) is 11.9 Å². The van der Waals surface area contributed by atoms with Crippen molar-refractivity contribution in [1.82, 2.24) is 20.5 Å². The molecule has 2 fully saturated rings. The summed E-state index contributed by atoms with van der Waals surface area (Å²) in [7, 11) is 0. The van der Waals surface area contributed by atoms with Gasteiger partial charge in [-0.1, -0.05) is 15.9 Å². The number of hydrogen-bond acceptors (Lipinski definition) is 7. The van der Waals surface area contributed by atoms with Gasteiger partial charge in [0.15, 0.2) is 0 Å². The standard InChI is InChI=1S/C20H23BrN6O2S/c21-12-3-4-15-14(10-12)24-19(30-15)16-17(23-13-2-1-5-22-11-13)25-20(26-18(16)28)27-6-8-29-9-7-27/h3-4,10,13,16,22H,1-2,5-9,11H2,(H,23,25,26,28)/t13-,16?/m1/s1. The second-order valence-electron chi connectivity index (χ2n) is 7.61. The van der Waals surface area contributed by atoms with Gasteiger partial charge in [-0.25, -0.2) is 4.98 Å². The lowest BCUT2D eigenvalue weighted by molar-refractivity contribution is -0.120. The van der Waals surface area contributed by atoms with E-state index < -0.39 is 5.92 Å². The first kappa shape index (κ1) is 20.0. The Morgan fingerprint density at radius 3 is 2.97 bits per heavy atom. The van der Waals surface area contributed by atoms with Crippen LogP contribution in [0.2, 0.25) is 0 Å². The molecule has 0 aliphatic carbocycles. The maximum absolute atomic E-state index is 13.3. The highest BCUT2D eigenvalue weighted by molar-refractivity contribution is 9.10. The first-order valence-corrected chi connectivity index (χ1v) is 11.8. The molecule has 0 bridgehead atoms. The number of carbonyl (C=O) groups excluding carboxylic acids is 1. The molecular formula is C20H23BrN6O2S. The lowest BCUT2D eigenvalue weighted by Crippen LogP contribution is -2.53. The molecule has 1 unspecified atom stereocenters. The SMILES string of the molecule is O=C1NC(N2CCOCC2)=NC(=N[C@@H]2CCCNC2)C1c1nc2cc(Br)ccc2s1. The fourth-order valence-electron chi connectivity index (χ4n) is 3.92. The lowest BCUT2D eigenvalue weighted by Gasteiger charge is -2.33. The molecular weight excluding hydrogens is 468 g/mol. The Hall–Kier alpha value is -1.88. The highest BCUT2D eigenvalue weighted by Crippen LogP contribution is 2.32. The number of guanidine groups is 1. The molecule has 0 saturated carbocycles. The molecule has 4 heterocycles. The third-order valence-electron chi connectivity index (χ3n) is 5.49. The van der Waals surface area contributed by atoms with Crippen molar-refractivity contribution >= 4 is 55.2 Å². The van der Waals surface area contributed by atoms with Crippen molar-refractivity contribution in [3.8, 4) is 0 Å². The van der Waals surface area contributed by atoms with E-state index in [1.54, 1.807) is 0 Å². The Morgan fingerprint density at radius 2 is 2.17 bits per heavy atom. The second kappa shape index (κ2) is 8.70. The van der Waals surface area contributed by atoms with Crippen LogP contribution >= 0.6 is 27.3 Å². The van der Waals surface area contributed by atoms with E-state index in [-0.39, 0.29) is 11.9 Å². The number of carbonyl (C=O) groups is 1. The number of amides is 1. The molecule has 2 aromatic rings. The van der Waals surface area contributed by atoms with E-state index in [0.717, 1.165) is 45.6 Å². The van der Waals surface area contributed by atoms with Crippen molar-refractivity contribution in [1.29, 1.82) is 0 Å². The van der Waals surface area contributed by atoms with Gasteiger partial charge in [-0.05, 0) is 37.6 Å². The van der Waals surface area contributed by atoms with Crippen LogP contribution < -0.4 is 10.6 Å². The van der Waals surface area contributed by atoms with E-state index in [1.165, 1.54) is 11.3 Å². The second-order valence-corrected chi connectivity index (χ2v) is 9.59. The number of nitrogens with zero attached hydrogens (tertiary/aromatic N) is 4. The average molecular weight is 491 g/mol. The van der Waals surface area contributed by atoms with Crippen molar-refractivity contribution in [3.05, 3.63) is 27.7 Å². The number of hydrogen-bond donors (Lipinski definition) is 2. The fourth-order valence-corrected chi connectivity index (χ4v) is 5.32. The van der Waals surface area contributed by atoms with Crippen LogP contribution in [0.3, 0.4) is 0 Å². The van der Waals surface area contributed by atoms with Crippen molar-refractivity contribution in [3.63, 3.8) is 0 Å². The Kier molecular flexibility index (Phi) is 5.81. The van der Waals surface area contributed by atoms with E-state index in [2.05, 4.69) is 31.5 Å². The minimum absolute atomic E-state index is 0.118. The summed E-state index contributed by atoms with van der Waals surface area (Å²) >= 11 is 5.02. The molecule has 3 aliphatic heterocycles. The van der Waals surface area contributed by atoms with Crippen molar-refractivity contribution < 1.29 is 9.53 Å². The van der Waals surface area contributed by atoms with Crippen molar-refractivity contribution in [2.75, 3.05) is 39.4 Å². The first-order chi connectivity index (χ1) is 14.7. The van der Waals surface area contributed by atoms with E-state index in [4.69, 9.17) is 19.7 Å². The first-order valence-electron chi connectivity index (χ1n) is 10.2. The van der Waals surface area contributed by atoms with Crippen LogP contribution in [0.1, 0.15) is 23.8 Å². The van der Waals surface area contributed by atoms with Gasteiger partial charge in [-0.3, -0.25) is 15.1 Å². The highest BCUT2D eigenvalue weighted by Gasteiger charge is 2.36. The van der Waals surface area contributed by atoms with Crippen LogP contribution in [0.4, 0.5) is 0 Å². The number of aliphatic imine (C=N–C) groups is 2. The summed E-state index contributed by atoms with van der Waals surface area (Å²) in [6.45, 7) is 4.50. The number of thiazole rings is 1. The van der Waals surface area contributed by atoms with E-state index >= 15 is 0 Å².